The first kappa shape index (κ1) is 16.1. The molecule has 0 saturated heterocycles. The number of halogens is 3. The van der Waals surface area contributed by atoms with Gasteiger partial charge in [-0.25, -0.2) is 0 Å². The highest BCUT2D eigenvalue weighted by Crippen LogP contribution is 2.35. The summed E-state index contributed by atoms with van der Waals surface area (Å²) >= 11 is 0. The average molecular weight is 324 g/mol. The van der Waals surface area contributed by atoms with Crippen molar-refractivity contribution in [2.75, 3.05) is 12.9 Å². The van der Waals surface area contributed by atoms with Crippen molar-refractivity contribution < 1.29 is 30.5 Å². The molecule has 8 heteroatoms. The molecule has 0 bridgehead atoms. The molecule has 21 heavy (non-hydrogen) atoms. The van der Waals surface area contributed by atoms with E-state index < -0.39 is 21.9 Å². The Morgan fingerprint density at radius 1 is 1.24 bits per heavy atom. The van der Waals surface area contributed by atoms with Crippen LogP contribution in [0.15, 0.2) is 18.2 Å². The van der Waals surface area contributed by atoms with Gasteiger partial charge in [-0.05, 0) is 43.0 Å². The van der Waals surface area contributed by atoms with E-state index in [0.717, 1.165) is 31.2 Å². The van der Waals surface area contributed by atoms with E-state index in [2.05, 4.69) is 4.18 Å². The van der Waals surface area contributed by atoms with E-state index in [0.29, 0.717) is 5.56 Å². The fraction of sp³-hybridized carbons (Fsp3) is 0.538. The van der Waals surface area contributed by atoms with Crippen molar-refractivity contribution in [2.24, 2.45) is 0 Å². The molecule has 4 nitrogen and oxygen atoms in total. The molecule has 0 atom stereocenters. The Balaban J connectivity index is 2.14. The number of rotatable bonds is 6. The lowest BCUT2D eigenvalue weighted by molar-refractivity contribution is -0.137. The maximum Gasteiger partial charge on any atom is 0.416 e. The first-order chi connectivity index (χ1) is 9.63. The van der Waals surface area contributed by atoms with Crippen molar-refractivity contribution in [3.8, 4) is 5.75 Å². The standard InChI is InChI=1S/C13H15F3O4S/c1-21(17,18)19-5-4-9-6-10(13(14,15)16)8-12(7-9)20-11-2-3-11/h6-8,11H,2-5H2,1H3. The molecule has 1 aliphatic carbocycles. The summed E-state index contributed by atoms with van der Waals surface area (Å²) in [5.74, 6) is 0.154. The summed E-state index contributed by atoms with van der Waals surface area (Å²) < 4.78 is 70.1. The molecule has 0 aliphatic heterocycles. The van der Waals surface area contributed by atoms with Crippen LogP contribution in [0.1, 0.15) is 24.0 Å². The van der Waals surface area contributed by atoms with Gasteiger partial charge in [0, 0.05) is 0 Å². The first-order valence-corrected chi connectivity index (χ1v) is 8.17. The van der Waals surface area contributed by atoms with Crippen LogP contribution in [0.2, 0.25) is 0 Å². The fourth-order valence-electron chi connectivity index (χ4n) is 1.73. The number of hydrogen-bond donors (Lipinski definition) is 0. The van der Waals surface area contributed by atoms with Crippen LogP contribution in [0.3, 0.4) is 0 Å². The minimum Gasteiger partial charge on any atom is -0.490 e. The minimum absolute atomic E-state index is 0.0198. The van der Waals surface area contributed by atoms with Crippen LogP contribution in [0.5, 0.6) is 5.75 Å². The number of ether oxygens (including phenoxy) is 1. The van der Waals surface area contributed by atoms with E-state index in [1.54, 1.807) is 0 Å². The molecule has 0 N–H and O–H groups in total. The van der Waals surface area contributed by atoms with Crippen molar-refractivity contribution in [3.05, 3.63) is 29.3 Å². The zero-order valence-corrected chi connectivity index (χ0v) is 12.1. The summed E-state index contributed by atoms with van der Waals surface area (Å²) in [5, 5.41) is 0. The molecule has 118 valence electrons. The van der Waals surface area contributed by atoms with Crippen molar-refractivity contribution >= 4 is 10.1 Å². The van der Waals surface area contributed by atoms with Crippen LogP contribution >= 0.6 is 0 Å². The van der Waals surface area contributed by atoms with E-state index in [9.17, 15) is 21.6 Å². The first-order valence-electron chi connectivity index (χ1n) is 6.36. The molecule has 0 aromatic heterocycles. The van der Waals surface area contributed by atoms with Crippen LogP contribution in [0, 0.1) is 0 Å². The third kappa shape index (κ3) is 5.55. The SMILES string of the molecule is CS(=O)(=O)OCCc1cc(OC2CC2)cc(C(F)(F)F)c1. The Morgan fingerprint density at radius 2 is 1.90 bits per heavy atom. The van der Waals surface area contributed by atoms with Crippen LogP contribution < -0.4 is 4.74 Å². The van der Waals surface area contributed by atoms with Gasteiger partial charge in [0.15, 0.2) is 0 Å². The molecule has 0 amide bonds. The van der Waals surface area contributed by atoms with Crippen LogP contribution in [-0.4, -0.2) is 27.4 Å². The molecule has 1 aliphatic rings. The zero-order valence-electron chi connectivity index (χ0n) is 11.3. The molecule has 0 spiro atoms. The van der Waals surface area contributed by atoms with Gasteiger partial charge in [0.1, 0.15) is 5.75 Å². The summed E-state index contributed by atoms with van der Waals surface area (Å²) in [5.41, 5.74) is -0.487. The maximum absolute atomic E-state index is 12.8. The normalized spacial score (nSPS) is 16.0. The Kier molecular flexibility index (Phi) is 4.48. The second kappa shape index (κ2) is 5.84. The molecule has 0 heterocycles. The second-order valence-electron chi connectivity index (χ2n) is 4.96. The van der Waals surface area contributed by atoms with Gasteiger partial charge in [0.25, 0.3) is 10.1 Å². The van der Waals surface area contributed by atoms with Crippen molar-refractivity contribution in [2.45, 2.75) is 31.5 Å². The Labute approximate surface area is 121 Å². The van der Waals surface area contributed by atoms with Gasteiger partial charge in [0.2, 0.25) is 0 Å². The van der Waals surface area contributed by atoms with E-state index in [-0.39, 0.29) is 24.9 Å². The number of alkyl halides is 3. The summed E-state index contributed by atoms with van der Waals surface area (Å²) in [6.07, 6.45) is -1.88. The third-order valence-electron chi connectivity index (χ3n) is 2.81. The number of hydrogen-bond acceptors (Lipinski definition) is 4. The largest absolute Gasteiger partial charge is 0.490 e. The second-order valence-corrected chi connectivity index (χ2v) is 6.60. The zero-order chi connectivity index (χ0) is 15.7. The minimum atomic E-state index is -4.48. The Hall–Kier alpha value is -1.28. The van der Waals surface area contributed by atoms with Gasteiger partial charge < -0.3 is 4.74 Å². The van der Waals surface area contributed by atoms with Crippen molar-refractivity contribution in [1.82, 2.24) is 0 Å². The van der Waals surface area contributed by atoms with Crippen LogP contribution in [0.25, 0.3) is 0 Å². The number of benzene rings is 1. The summed E-state index contributed by atoms with van der Waals surface area (Å²) in [6, 6.07) is 3.42. The highest BCUT2D eigenvalue weighted by Gasteiger charge is 2.32. The predicted octanol–water partition coefficient (Wildman–Crippen LogP) is 2.77. The molecular formula is C13H15F3O4S. The van der Waals surface area contributed by atoms with Crippen molar-refractivity contribution in [1.29, 1.82) is 0 Å². The maximum atomic E-state index is 12.8. The average Bonchev–Trinajstić information content (AvgIpc) is 3.09. The lowest BCUT2D eigenvalue weighted by Crippen LogP contribution is -2.09. The summed E-state index contributed by atoms with van der Waals surface area (Å²) in [6.45, 7) is -0.205. The molecule has 2 rings (SSSR count). The lowest BCUT2D eigenvalue weighted by atomic mass is 10.1. The lowest BCUT2D eigenvalue weighted by Gasteiger charge is -2.13. The van der Waals surface area contributed by atoms with E-state index in [1.165, 1.54) is 6.07 Å². The topological polar surface area (TPSA) is 52.6 Å². The van der Waals surface area contributed by atoms with E-state index in [1.807, 2.05) is 0 Å². The van der Waals surface area contributed by atoms with Gasteiger partial charge in [-0.2, -0.15) is 21.6 Å². The molecule has 1 fully saturated rings. The monoisotopic (exact) mass is 324 g/mol. The van der Waals surface area contributed by atoms with Gasteiger partial charge in [0.05, 0.1) is 24.5 Å². The van der Waals surface area contributed by atoms with E-state index >= 15 is 0 Å². The Morgan fingerprint density at radius 3 is 2.43 bits per heavy atom. The Bertz CT molecular complexity index is 606. The smallest absolute Gasteiger partial charge is 0.416 e. The van der Waals surface area contributed by atoms with Gasteiger partial charge in [-0.3, -0.25) is 4.18 Å². The van der Waals surface area contributed by atoms with E-state index in [4.69, 9.17) is 4.74 Å². The molecule has 1 saturated carbocycles. The summed E-state index contributed by atoms with van der Waals surface area (Å²) in [7, 11) is -3.61. The predicted molar refractivity (Wildman–Crippen MR) is 69.6 cm³/mol. The molecule has 0 radical (unpaired) electrons. The highest BCUT2D eigenvalue weighted by atomic mass is 32.2. The highest BCUT2D eigenvalue weighted by molar-refractivity contribution is 7.85. The van der Waals surface area contributed by atoms with Gasteiger partial charge in [-0.15, -0.1) is 0 Å². The van der Waals surface area contributed by atoms with Crippen LogP contribution in [0.4, 0.5) is 13.2 Å². The summed E-state index contributed by atoms with van der Waals surface area (Å²) in [4.78, 5) is 0. The van der Waals surface area contributed by atoms with Crippen LogP contribution in [-0.2, 0) is 26.9 Å². The van der Waals surface area contributed by atoms with Gasteiger partial charge >= 0.3 is 6.18 Å². The van der Waals surface area contributed by atoms with Crippen molar-refractivity contribution in [3.63, 3.8) is 0 Å². The molecule has 1 aromatic carbocycles. The molecule has 0 unspecified atom stereocenters. The molecular weight excluding hydrogens is 309 g/mol. The quantitative estimate of drug-likeness (QED) is 0.755. The molecule has 1 aromatic rings. The van der Waals surface area contributed by atoms with Gasteiger partial charge in [-0.1, -0.05) is 0 Å². The fourth-order valence-corrected chi connectivity index (χ4v) is 2.11. The third-order valence-corrected chi connectivity index (χ3v) is 3.40.